The molecule has 0 amide bonds. The number of non-ortho nitro benzene ring substituents is 1. The van der Waals surface area contributed by atoms with Crippen molar-refractivity contribution in [3.8, 4) is 0 Å². The average molecular weight is 483 g/mol. The number of nitro benzene ring substituents is 1. The van der Waals surface area contributed by atoms with E-state index in [9.17, 15) is 18.5 Å². The molecule has 1 aromatic carbocycles. The predicted molar refractivity (Wildman–Crippen MR) is 111 cm³/mol. The minimum absolute atomic E-state index is 0.0105. The van der Waals surface area contributed by atoms with Gasteiger partial charge in [0.1, 0.15) is 4.21 Å². The molecule has 0 spiro atoms. The third-order valence-electron chi connectivity index (χ3n) is 4.69. The number of halogens is 1. The van der Waals surface area contributed by atoms with Gasteiger partial charge in [0, 0.05) is 55.7 Å². The summed E-state index contributed by atoms with van der Waals surface area (Å²) < 4.78 is 28.2. The van der Waals surface area contributed by atoms with E-state index in [1.54, 1.807) is 30.5 Å². The van der Waals surface area contributed by atoms with Gasteiger partial charge in [0.15, 0.2) is 0 Å². The van der Waals surface area contributed by atoms with Gasteiger partial charge in [-0.05, 0) is 40.2 Å². The highest BCUT2D eigenvalue weighted by molar-refractivity contribution is 9.11. The van der Waals surface area contributed by atoms with Crippen LogP contribution in [-0.4, -0.2) is 48.8 Å². The van der Waals surface area contributed by atoms with E-state index in [4.69, 9.17) is 0 Å². The number of pyridine rings is 1. The summed E-state index contributed by atoms with van der Waals surface area (Å²) in [5.41, 5.74) is 0.857. The molecule has 8 nitrogen and oxygen atoms in total. The second-order valence-corrected chi connectivity index (χ2v) is 10.9. The fourth-order valence-corrected chi connectivity index (χ4v) is 6.91. The molecule has 3 aromatic rings. The normalized spacial score (nSPS) is 15.8. The largest absolute Gasteiger partial charge is 0.368 e. The van der Waals surface area contributed by atoms with Crippen LogP contribution in [0.25, 0.3) is 10.8 Å². The zero-order valence-corrected chi connectivity index (χ0v) is 17.7. The van der Waals surface area contributed by atoms with Gasteiger partial charge in [0.2, 0.25) is 0 Å². The number of rotatable bonds is 4. The molecule has 1 aliphatic rings. The molecule has 4 rings (SSSR count). The predicted octanol–water partition coefficient (Wildman–Crippen LogP) is 3.48. The molecule has 146 valence electrons. The van der Waals surface area contributed by atoms with Crippen molar-refractivity contribution in [1.82, 2.24) is 9.29 Å². The van der Waals surface area contributed by atoms with Gasteiger partial charge >= 0.3 is 0 Å². The van der Waals surface area contributed by atoms with Crippen molar-refractivity contribution < 1.29 is 13.3 Å². The van der Waals surface area contributed by atoms with Crippen LogP contribution >= 0.6 is 27.3 Å². The molecule has 3 heterocycles. The maximum atomic E-state index is 12.8. The molecule has 1 saturated heterocycles. The van der Waals surface area contributed by atoms with E-state index < -0.39 is 14.9 Å². The van der Waals surface area contributed by atoms with Gasteiger partial charge in [-0.2, -0.15) is 4.31 Å². The first-order chi connectivity index (χ1) is 13.4. The van der Waals surface area contributed by atoms with Gasteiger partial charge in [0.05, 0.1) is 14.1 Å². The fourth-order valence-electron chi connectivity index (χ4n) is 3.33. The van der Waals surface area contributed by atoms with Crippen LogP contribution in [-0.2, 0) is 10.0 Å². The molecule has 0 radical (unpaired) electrons. The number of hydrogen-bond acceptors (Lipinski definition) is 7. The Bertz CT molecular complexity index is 1160. The molecule has 0 N–H and O–H groups in total. The molecule has 2 aromatic heterocycles. The highest BCUT2D eigenvalue weighted by Crippen LogP contribution is 2.34. The van der Waals surface area contributed by atoms with Gasteiger partial charge in [-0.1, -0.05) is 0 Å². The van der Waals surface area contributed by atoms with Crippen LogP contribution in [0.5, 0.6) is 0 Å². The Labute approximate surface area is 173 Å². The van der Waals surface area contributed by atoms with Crippen LogP contribution in [0.15, 0.2) is 50.7 Å². The van der Waals surface area contributed by atoms with Gasteiger partial charge in [0.25, 0.3) is 15.7 Å². The third kappa shape index (κ3) is 3.39. The van der Waals surface area contributed by atoms with Crippen molar-refractivity contribution in [3.63, 3.8) is 0 Å². The zero-order valence-electron chi connectivity index (χ0n) is 14.5. The fraction of sp³-hybridized carbons (Fsp3) is 0.235. The Morgan fingerprint density at radius 2 is 1.82 bits per heavy atom. The van der Waals surface area contributed by atoms with Crippen molar-refractivity contribution in [2.24, 2.45) is 0 Å². The smallest absolute Gasteiger partial charge is 0.278 e. The number of aromatic nitrogens is 1. The van der Waals surface area contributed by atoms with Gasteiger partial charge in [-0.25, -0.2) is 8.42 Å². The number of anilines is 1. The van der Waals surface area contributed by atoms with Crippen molar-refractivity contribution >= 4 is 59.4 Å². The van der Waals surface area contributed by atoms with E-state index >= 15 is 0 Å². The number of sulfonamides is 1. The standard InChI is InChI=1S/C17H15BrN4O4S2/c18-16-3-4-17(27-16)28(25,26)21-9-7-20(8-10-21)14-1-2-15(22(23)24)13-11-19-6-5-12(13)14/h1-6,11H,7-10H2. The minimum atomic E-state index is -3.51. The maximum absolute atomic E-state index is 12.8. The van der Waals surface area contributed by atoms with Crippen molar-refractivity contribution in [3.05, 3.63) is 56.6 Å². The second-order valence-electron chi connectivity index (χ2n) is 6.23. The van der Waals surface area contributed by atoms with E-state index in [1.807, 2.05) is 0 Å². The first-order valence-corrected chi connectivity index (χ1v) is 11.4. The van der Waals surface area contributed by atoms with Gasteiger partial charge in [-0.3, -0.25) is 15.1 Å². The summed E-state index contributed by atoms with van der Waals surface area (Å²) in [6.45, 7) is 1.70. The SMILES string of the molecule is O=[N+]([O-])c1ccc(N2CCN(S(=O)(=O)c3ccc(Br)s3)CC2)c2ccncc12. The average Bonchev–Trinajstić information content (AvgIpc) is 3.14. The molecule has 0 aliphatic carbocycles. The number of piperazine rings is 1. The summed E-state index contributed by atoms with van der Waals surface area (Å²) in [6.07, 6.45) is 3.09. The number of fused-ring (bicyclic) bond motifs is 1. The summed E-state index contributed by atoms with van der Waals surface area (Å²) >= 11 is 4.50. The van der Waals surface area contributed by atoms with E-state index in [0.717, 1.165) is 14.9 Å². The molecular formula is C17H15BrN4O4S2. The minimum Gasteiger partial charge on any atom is -0.368 e. The Morgan fingerprint density at radius 3 is 2.46 bits per heavy atom. The lowest BCUT2D eigenvalue weighted by Crippen LogP contribution is -2.48. The van der Waals surface area contributed by atoms with Crippen LogP contribution in [0.1, 0.15) is 0 Å². The first-order valence-electron chi connectivity index (χ1n) is 8.39. The summed E-state index contributed by atoms with van der Waals surface area (Å²) in [4.78, 5) is 16.9. The molecule has 0 saturated carbocycles. The van der Waals surface area contributed by atoms with Gasteiger partial charge < -0.3 is 4.90 Å². The van der Waals surface area contributed by atoms with Crippen LogP contribution in [0.4, 0.5) is 11.4 Å². The number of nitro groups is 1. The van der Waals surface area contributed by atoms with E-state index in [0.29, 0.717) is 35.8 Å². The second kappa shape index (κ2) is 7.39. The highest BCUT2D eigenvalue weighted by atomic mass is 79.9. The lowest BCUT2D eigenvalue weighted by molar-refractivity contribution is -0.383. The van der Waals surface area contributed by atoms with E-state index in [2.05, 4.69) is 25.8 Å². The summed E-state index contributed by atoms with van der Waals surface area (Å²) in [6, 6.07) is 8.29. The highest BCUT2D eigenvalue weighted by Gasteiger charge is 2.30. The molecule has 28 heavy (non-hydrogen) atoms. The van der Waals surface area contributed by atoms with Gasteiger partial charge in [-0.15, -0.1) is 11.3 Å². The van der Waals surface area contributed by atoms with Crippen molar-refractivity contribution in [1.29, 1.82) is 0 Å². The molecule has 0 bridgehead atoms. The molecule has 0 atom stereocenters. The maximum Gasteiger partial charge on any atom is 0.278 e. The lowest BCUT2D eigenvalue weighted by Gasteiger charge is -2.35. The lowest BCUT2D eigenvalue weighted by atomic mass is 10.1. The molecule has 0 unspecified atom stereocenters. The van der Waals surface area contributed by atoms with E-state index in [-0.39, 0.29) is 5.69 Å². The number of thiophene rings is 1. The molecule has 11 heteroatoms. The number of hydrogen-bond donors (Lipinski definition) is 0. The Morgan fingerprint density at radius 1 is 1.07 bits per heavy atom. The first kappa shape index (κ1) is 19.2. The molecule has 1 fully saturated rings. The zero-order chi connectivity index (χ0) is 19.9. The van der Waals surface area contributed by atoms with Crippen molar-refractivity contribution in [2.45, 2.75) is 4.21 Å². The summed E-state index contributed by atoms with van der Waals surface area (Å²) in [7, 11) is -3.51. The van der Waals surface area contributed by atoms with Crippen LogP contribution in [0.2, 0.25) is 0 Å². The number of benzene rings is 1. The Balaban J connectivity index is 1.59. The van der Waals surface area contributed by atoms with Crippen LogP contribution in [0, 0.1) is 10.1 Å². The van der Waals surface area contributed by atoms with Crippen LogP contribution in [0.3, 0.4) is 0 Å². The Kier molecular flexibility index (Phi) is 5.08. The molecular weight excluding hydrogens is 468 g/mol. The molecule has 1 aliphatic heterocycles. The third-order valence-corrected chi connectivity index (χ3v) is 8.68. The quantitative estimate of drug-likeness (QED) is 0.417. The van der Waals surface area contributed by atoms with E-state index in [1.165, 1.54) is 27.9 Å². The Hall–Kier alpha value is -2.08. The monoisotopic (exact) mass is 482 g/mol. The summed E-state index contributed by atoms with van der Waals surface area (Å²) in [5, 5.41) is 12.5. The van der Waals surface area contributed by atoms with Crippen LogP contribution < -0.4 is 4.90 Å². The topological polar surface area (TPSA) is 96.6 Å². The number of nitrogens with zero attached hydrogens (tertiary/aromatic N) is 4. The summed E-state index contributed by atoms with van der Waals surface area (Å²) in [5.74, 6) is 0. The van der Waals surface area contributed by atoms with Crippen molar-refractivity contribution in [2.75, 3.05) is 31.1 Å².